The number of furan rings is 1. The first-order chi connectivity index (χ1) is 15.1. The third-order valence-electron chi connectivity index (χ3n) is 5.65. The lowest BCUT2D eigenvalue weighted by atomic mass is 9.95. The van der Waals surface area contributed by atoms with Gasteiger partial charge in [-0.2, -0.15) is 0 Å². The SMILES string of the molecule is CN(CCCN=C(NCCc1ccco1)N1CCCC(CC(N)=O)C1)c1ccccc1.I. The normalized spacial score (nSPS) is 16.3. The lowest BCUT2D eigenvalue weighted by Crippen LogP contribution is -2.47. The van der Waals surface area contributed by atoms with Crippen molar-refractivity contribution in [2.45, 2.75) is 32.1 Å². The van der Waals surface area contributed by atoms with E-state index in [2.05, 4.69) is 46.4 Å². The van der Waals surface area contributed by atoms with Gasteiger partial charge >= 0.3 is 0 Å². The molecule has 1 unspecified atom stereocenters. The summed E-state index contributed by atoms with van der Waals surface area (Å²) in [5.41, 5.74) is 6.65. The Balaban J connectivity index is 0.00000363. The average Bonchev–Trinajstić information content (AvgIpc) is 3.29. The summed E-state index contributed by atoms with van der Waals surface area (Å²) in [5, 5.41) is 3.51. The maximum Gasteiger partial charge on any atom is 0.217 e. The highest BCUT2D eigenvalue weighted by Gasteiger charge is 2.23. The molecular weight excluding hydrogens is 517 g/mol. The number of halogens is 1. The first-order valence-electron chi connectivity index (χ1n) is 11.2. The lowest BCUT2D eigenvalue weighted by molar-refractivity contribution is -0.119. The monoisotopic (exact) mass is 553 g/mol. The van der Waals surface area contributed by atoms with Gasteiger partial charge in [0.25, 0.3) is 0 Å². The number of primary amides is 1. The van der Waals surface area contributed by atoms with E-state index >= 15 is 0 Å². The van der Waals surface area contributed by atoms with Crippen LogP contribution in [0.1, 0.15) is 31.4 Å². The molecule has 0 bridgehead atoms. The Morgan fingerprint density at radius 3 is 2.81 bits per heavy atom. The van der Waals surface area contributed by atoms with Crippen LogP contribution in [0.25, 0.3) is 0 Å². The Bertz CT molecular complexity index is 813. The maximum atomic E-state index is 11.4. The first-order valence-corrected chi connectivity index (χ1v) is 11.2. The third kappa shape index (κ3) is 8.72. The molecular formula is C24H36IN5O2. The predicted molar refractivity (Wildman–Crippen MR) is 141 cm³/mol. The third-order valence-corrected chi connectivity index (χ3v) is 5.65. The minimum absolute atomic E-state index is 0. The molecule has 0 aliphatic carbocycles. The van der Waals surface area contributed by atoms with Crippen LogP contribution in [0.2, 0.25) is 0 Å². The molecule has 1 aliphatic rings. The number of guanidine groups is 1. The molecule has 1 atom stereocenters. The smallest absolute Gasteiger partial charge is 0.217 e. The van der Waals surface area contributed by atoms with E-state index in [4.69, 9.17) is 15.1 Å². The van der Waals surface area contributed by atoms with Gasteiger partial charge in [0.2, 0.25) is 5.91 Å². The Morgan fingerprint density at radius 2 is 2.09 bits per heavy atom. The number of hydrogen-bond donors (Lipinski definition) is 2. The lowest BCUT2D eigenvalue weighted by Gasteiger charge is -2.35. The number of para-hydroxylation sites is 1. The number of hydrogen-bond acceptors (Lipinski definition) is 4. The molecule has 1 saturated heterocycles. The molecule has 7 nitrogen and oxygen atoms in total. The minimum atomic E-state index is -0.222. The molecule has 1 aromatic heterocycles. The van der Waals surface area contributed by atoms with Gasteiger partial charge in [-0.3, -0.25) is 9.79 Å². The van der Waals surface area contributed by atoms with Crippen molar-refractivity contribution in [3.63, 3.8) is 0 Å². The second-order valence-corrected chi connectivity index (χ2v) is 8.20. The molecule has 1 amide bonds. The summed E-state index contributed by atoms with van der Waals surface area (Å²) in [6, 6.07) is 14.3. The molecule has 1 fully saturated rings. The zero-order valence-electron chi connectivity index (χ0n) is 18.9. The first kappa shape index (κ1) is 26.0. The summed E-state index contributed by atoms with van der Waals surface area (Å²) in [5.74, 6) is 1.96. The van der Waals surface area contributed by atoms with Crippen LogP contribution in [0.15, 0.2) is 58.1 Å². The van der Waals surface area contributed by atoms with Crippen molar-refractivity contribution in [2.24, 2.45) is 16.6 Å². The molecule has 0 spiro atoms. The van der Waals surface area contributed by atoms with E-state index in [-0.39, 0.29) is 29.9 Å². The molecule has 0 saturated carbocycles. The summed E-state index contributed by atoms with van der Waals surface area (Å²) in [6.45, 7) is 4.22. The zero-order chi connectivity index (χ0) is 21.9. The van der Waals surface area contributed by atoms with Crippen molar-refractivity contribution in [3.8, 4) is 0 Å². The minimum Gasteiger partial charge on any atom is -0.469 e. The van der Waals surface area contributed by atoms with Crippen molar-refractivity contribution >= 4 is 41.5 Å². The van der Waals surface area contributed by atoms with Crippen molar-refractivity contribution in [2.75, 3.05) is 44.7 Å². The molecule has 3 N–H and O–H groups in total. The van der Waals surface area contributed by atoms with Crippen LogP contribution in [0, 0.1) is 5.92 Å². The molecule has 0 radical (unpaired) electrons. The molecule has 2 aromatic rings. The number of nitrogens with zero attached hydrogens (tertiary/aromatic N) is 3. The van der Waals surface area contributed by atoms with Crippen LogP contribution >= 0.6 is 24.0 Å². The van der Waals surface area contributed by atoms with Gasteiger partial charge in [-0.15, -0.1) is 24.0 Å². The van der Waals surface area contributed by atoms with Crippen LogP contribution in [0.4, 0.5) is 5.69 Å². The molecule has 1 aliphatic heterocycles. The summed E-state index contributed by atoms with van der Waals surface area (Å²) in [4.78, 5) is 20.8. The van der Waals surface area contributed by atoms with Gasteiger partial charge in [-0.05, 0) is 49.4 Å². The van der Waals surface area contributed by atoms with Crippen molar-refractivity contribution < 1.29 is 9.21 Å². The second-order valence-electron chi connectivity index (χ2n) is 8.20. The molecule has 3 rings (SSSR count). The maximum absolute atomic E-state index is 11.4. The molecule has 176 valence electrons. The molecule has 32 heavy (non-hydrogen) atoms. The van der Waals surface area contributed by atoms with Gasteiger partial charge in [-0.1, -0.05) is 18.2 Å². The fourth-order valence-electron chi connectivity index (χ4n) is 4.03. The van der Waals surface area contributed by atoms with Crippen LogP contribution in [-0.2, 0) is 11.2 Å². The number of benzene rings is 1. The Morgan fingerprint density at radius 1 is 1.28 bits per heavy atom. The number of likely N-dealkylation sites (tertiary alicyclic amines) is 1. The Labute approximate surface area is 208 Å². The van der Waals surface area contributed by atoms with Gasteiger partial charge in [0.15, 0.2) is 5.96 Å². The number of amides is 1. The van der Waals surface area contributed by atoms with Crippen molar-refractivity contribution in [3.05, 3.63) is 54.5 Å². The highest BCUT2D eigenvalue weighted by molar-refractivity contribution is 14.0. The fraction of sp³-hybridized carbons (Fsp3) is 0.500. The number of aliphatic imine (C=N–C) groups is 1. The van der Waals surface area contributed by atoms with Crippen molar-refractivity contribution in [1.82, 2.24) is 10.2 Å². The van der Waals surface area contributed by atoms with Crippen LogP contribution < -0.4 is 16.0 Å². The van der Waals surface area contributed by atoms with Gasteiger partial charge in [0, 0.05) is 58.3 Å². The summed E-state index contributed by atoms with van der Waals surface area (Å²) in [7, 11) is 2.11. The quantitative estimate of drug-likeness (QED) is 0.204. The number of carbonyl (C=O) groups is 1. The van der Waals surface area contributed by atoms with Crippen LogP contribution in [-0.4, -0.2) is 56.5 Å². The standard InChI is InChI=1S/C24H35N5O2.HI/c1-28(21-9-3-2-4-10-21)15-7-13-26-24(27-14-12-22-11-6-17-31-22)29-16-5-8-20(19-29)18-23(25)30;/h2-4,6,9-11,17,20H,5,7-8,12-16,18-19H2,1H3,(H2,25,30)(H,26,27);1H. The number of nitrogens with one attached hydrogen (secondary N) is 1. The highest BCUT2D eigenvalue weighted by Crippen LogP contribution is 2.19. The summed E-state index contributed by atoms with van der Waals surface area (Å²) in [6.07, 6.45) is 6.01. The number of nitrogens with two attached hydrogens (primary N) is 1. The molecule has 8 heteroatoms. The summed E-state index contributed by atoms with van der Waals surface area (Å²) < 4.78 is 5.44. The Hall–Kier alpha value is -2.23. The van der Waals surface area contributed by atoms with E-state index in [9.17, 15) is 4.79 Å². The van der Waals surface area contributed by atoms with Gasteiger partial charge in [0.1, 0.15) is 5.76 Å². The van der Waals surface area contributed by atoms with E-state index in [0.29, 0.717) is 12.3 Å². The topological polar surface area (TPSA) is 87.1 Å². The fourth-order valence-corrected chi connectivity index (χ4v) is 4.03. The number of anilines is 1. The van der Waals surface area contributed by atoms with E-state index in [0.717, 1.165) is 70.1 Å². The highest BCUT2D eigenvalue weighted by atomic mass is 127. The number of carbonyl (C=O) groups excluding carboxylic acids is 1. The second kappa shape index (κ2) is 14.0. The van der Waals surface area contributed by atoms with Gasteiger partial charge in [-0.25, -0.2) is 0 Å². The average molecular weight is 553 g/mol. The van der Waals surface area contributed by atoms with E-state index in [1.807, 2.05) is 18.2 Å². The molecule has 2 heterocycles. The van der Waals surface area contributed by atoms with E-state index in [1.165, 1.54) is 5.69 Å². The van der Waals surface area contributed by atoms with Crippen LogP contribution in [0.5, 0.6) is 0 Å². The van der Waals surface area contributed by atoms with Crippen molar-refractivity contribution in [1.29, 1.82) is 0 Å². The zero-order valence-corrected chi connectivity index (χ0v) is 21.2. The number of piperidine rings is 1. The van der Waals surface area contributed by atoms with Gasteiger partial charge < -0.3 is 25.3 Å². The van der Waals surface area contributed by atoms with Gasteiger partial charge in [0.05, 0.1) is 6.26 Å². The summed E-state index contributed by atoms with van der Waals surface area (Å²) >= 11 is 0. The van der Waals surface area contributed by atoms with E-state index < -0.39 is 0 Å². The predicted octanol–water partition coefficient (Wildman–Crippen LogP) is 3.50. The Kier molecular flexibility index (Phi) is 11.4. The van der Waals surface area contributed by atoms with Crippen LogP contribution in [0.3, 0.4) is 0 Å². The largest absolute Gasteiger partial charge is 0.469 e. The molecule has 1 aromatic carbocycles. The number of rotatable bonds is 10. The van der Waals surface area contributed by atoms with E-state index in [1.54, 1.807) is 6.26 Å².